The van der Waals surface area contributed by atoms with Gasteiger partial charge in [0.1, 0.15) is 18.2 Å². The molecule has 2 heterocycles. The van der Waals surface area contributed by atoms with E-state index in [1.165, 1.54) is 0 Å². The number of amides is 3. The molecule has 0 unspecified atom stereocenters. The van der Waals surface area contributed by atoms with E-state index >= 15 is 0 Å². The van der Waals surface area contributed by atoms with Crippen molar-refractivity contribution < 1.29 is 23.1 Å². The zero-order valence-corrected chi connectivity index (χ0v) is 17.6. The van der Waals surface area contributed by atoms with Crippen LogP contribution in [0.3, 0.4) is 0 Å². The summed E-state index contributed by atoms with van der Waals surface area (Å²) < 4.78 is 33.0. The molecule has 4 rings (SSSR count). The van der Waals surface area contributed by atoms with Gasteiger partial charge in [0.2, 0.25) is 5.91 Å². The normalized spacial score (nSPS) is 16.6. The Morgan fingerprint density at radius 1 is 1.10 bits per heavy atom. The summed E-state index contributed by atoms with van der Waals surface area (Å²) in [5.74, 6) is -1.59. The Bertz CT molecular complexity index is 957. The van der Waals surface area contributed by atoms with E-state index in [0.717, 1.165) is 17.8 Å². The van der Waals surface area contributed by atoms with Crippen molar-refractivity contribution in [3.05, 3.63) is 52.5 Å². The lowest BCUT2D eigenvalue weighted by atomic mass is 9.96. The molecule has 9 heteroatoms. The smallest absolute Gasteiger partial charge is 0.324 e. The van der Waals surface area contributed by atoms with E-state index in [1.54, 1.807) is 9.80 Å². The number of halogens is 3. The highest BCUT2D eigenvalue weighted by molar-refractivity contribution is 9.10. The van der Waals surface area contributed by atoms with Crippen molar-refractivity contribution in [1.82, 2.24) is 4.90 Å². The molecule has 1 N–H and O–H groups in total. The topological polar surface area (TPSA) is 61.9 Å². The third kappa shape index (κ3) is 4.12. The average molecular weight is 480 g/mol. The summed E-state index contributed by atoms with van der Waals surface area (Å²) in [7, 11) is 0. The Hall–Kier alpha value is -2.68. The molecule has 0 aromatic heterocycles. The fourth-order valence-corrected chi connectivity index (χ4v) is 4.27. The summed E-state index contributed by atoms with van der Waals surface area (Å²) in [6.45, 7) is 1.74. The Morgan fingerprint density at radius 2 is 1.83 bits per heavy atom. The van der Waals surface area contributed by atoms with Gasteiger partial charge in [-0.25, -0.2) is 13.6 Å². The largest absolute Gasteiger partial charge is 0.490 e. The second kappa shape index (κ2) is 8.59. The summed E-state index contributed by atoms with van der Waals surface area (Å²) >= 11 is 3.07. The van der Waals surface area contributed by atoms with Crippen LogP contribution in [0.2, 0.25) is 0 Å². The van der Waals surface area contributed by atoms with E-state index in [1.807, 2.05) is 24.3 Å². The van der Waals surface area contributed by atoms with Crippen LogP contribution in [-0.2, 0) is 4.79 Å². The first-order valence-electron chi connectivity index (χ1n) is 9.67. The maximum atomic E-state index is 14.0. The molecule has 0 atom stereocenters. The molecule has 2 aliphatic rings. The molecule has 0 spiro atoms. The Morgan fingerprint density at radius 3 is 2.57 bits per heavy atom. The second-order valence-corrected chi connectivity index (χ2v) is 8.10. The quantitative estimate of drug-likeness (QED) is 0.694. The van der Waals surface area contributed by atoms with Gasteiger partial charge in [0, 0.05) is 29.5 Å². The molecular weight excluding hydrogens is 460 g/mol. The van der Waals surface area contributed by atoms with Gasteiger partial charge in [0.15, 0.2) is 5.82 Å². The average Bonchev–Trinajstić information content (AvgIpc) is 2.75. The minimum absolute atomic E-state index is 0.0789. The third-order valence-electron chi connectivity index (χ3n) is 5.35. The molecule has 1 saturated heterocycles. The van der Waals surface area contributed by atoms with Gasteiger partial charge >= 0.3 is 6.03 Å². The van der Waals surface area contributed by atoms with Crippen LogP contribution in [0, 0.1) is 17.6 Å². The summed E-state index contributed by atoms with van der Waals surface area (Å²) in [6, 6.07) is 9.11. The molecular formula is C21H20BrF2N3O3. The van der Waals surface area contributed by atoms with E-state index < -0.39 is 11.6 Å². The van der Waals surface area contributed by atoms with E-state index in [9.17, 15) is 18.4 Å². The van der Waals surface area contributed by atoms with Crippen molar-refractivity contribution in [3.63, 3.8) is 0 Å². The molecule has 2 aromatic rings. The summed E-state index contributed by atoms with van der Waals surface area (Å²) in [4.78, 5) is 29.0. The number of benzene rings is 2. The van der Waals surface area contributed by atoms with Gasteiger partial charge in [-0.3, -0.25) is 9.69 Å². The molecule has 1 fully saturated rings. The number of carbonyl (C=O) groups is 2. The fourth-order valence-electron chi connectivity index (χ4n) is 3.76. The number of anilines is 2. The van der Waals surface area contributed by atoms with Crippen LogP contribution in [0.5, 0.6) is 5.75 Å². The Kier molecular flexibility index (Phi) is 5.90. The standard InChI is InChI=1S/C21H20BrF2N3O3/c22-15-11-14(23)12-16(24)19(15)25-20(28)13-5-7-26(8-6-13)21(29)27-9-10-30-18-4-2-1-3-17(18)27/h1-4,11-13H,5-10H2,(H,25,28). The van der Waals surface area contributed by atoms with Gasteiger partial charge in [-0.15, -0.1) is 0 Å². The number of hydrogen-bond acceptors (Lipinski definition) is 3. The van der Waals surface area contributed by atoms with Crippen molar-refractivity contribution in [2.45, 2.75) is 12.8 Å². The van der Waals surface area contributed by atoms with E-state index in [4.69, 9.17) is 4.74 Å². The van der Waals surface area contributed by atoms with Gasteiger partial charge < -0.3 is 15.0 Å². The monoisotopic (exact) mass is 479 g/mol. The maximum Gasteiger partial charge on any atom is 0.324 e. The lowest BCUT2D eigenvalue weighted by Crippen LogP contribution is -2.50. The summed E-state index contributed by atoms with van der Waals surface area (Å²) in [6.07, 6.45) is 0.925. The van der Waals surface area contributed by atoms with E-state index in [0.29, 0.717) is 44.8 Å². The number of piperidine rings is 1. The Balaban J connectivity index is 1.37. The number of carbonyl (C=O) groups excluding carboxylic acids is 2. The number of urea groups is 1. The van der Waals surface area contributed by atoms with Crippen LogP contribution < -0.4 is 15.0 Å². The van der Waals surface area contributed by atoms with Crippen molar-refractivity contribution in [2.75, 3.05) is 36.5 Å². The maximum absolute atomic E-state index is 14.0. The first-order valence-corrected chi connectivity index (χ1v) is 10.5. The lowest BCUT2D eigenvalue weighted by molar-refractivity contribution is -0.121. The molecule has 0 saturated carbocycles. The lowest BCUT2D eigenvalue weighted by Gasteiger charge is -2.37. The van der Waals surface area contributed by atoms with Gasteiger partial charge in [-0.05, 0) is 47.0 Å². The second-order valence-electron chi connectivity index (χ2n) is 7.25. The van der Waals surface area contributed by atoms with Gasteiger partial charge in [-0.1, -0.05) is 12.1 Å². The third-order valence-corrected chi connectivity index (χ3v) is 5.98. The molecule has 30 heavy (non-hydrogen) atoms. The minimum Gasteiger partial charge on any atom is -0.490 e. The predicted octanol–water partition coefficient (Wildman–Crippen LogP) is 4.40. The number of ether oxygens (including phenoxy) is 1. The number of likely N-dealkylation sites (tertiary alicyclic amines) is 1. The number of hydrogen-bond donors (Lipinski definition) is 1. The van der Waals surface area contributed by atoms with Gasteiger partial charge in [0.05, 0.1) is 17.9 Å². The van der Waals surface area contributed by atoms with Crippen molar-refractivity contribution in [2.24, 2.45) is 5.92 Å². The van der Waals surface area contributed by atoms with Crippen molar-refractivity contribution in [1.29, 1.82) is 0 Å². The first-order chi connectivity index (χ1) is 14.4. The highest BCUT2D eigenvalue weighted by Crippen LogP contribution is 2.33. The molecule has 3 amide bonds. The van der Waals surface area contributed by atoms with Crippen molar-refractivity contribution in [3.8, 4) is 5.75 Å². The fraction of sp³-hybridized carbons (Fsp3) is 0.333. The van der Waals surface area contributed by atoms with Crippen LogP contribution >= 0.6 is 15.9 Å². The number of para-hydroxylation sites is 2. The van der Waals surface area contributed by atoms with Crippen LogP contribution in [-0.4, -0.2) is 43.1 Å². The predicted molar refractivity (Wildman–Crippen MR) is 112 cm³/mol. The number of nitrogens with one attached hydrogen (secondary N) is 1. The number of nitrogens with zero attached hydrogens (tertiary/aromatic N) is 2. The molecule has 2 aromatic carbocycles. The molecule has 0 radical (unpaired) electrons. The zero-order chi connectivity index (χ0) is 21.3. The molecule has 0 bridgehead atoms. The first kappa shape index (κ1) is 20.6. The van der Waals surface area contributed by atoms with Crippen LogP contribution in [0.1, 0.15) is 12.8 Å². The summed E-state index contributed by atoms with van der Waals surface area (Å²) in [5.41, 5.74) is 0.662. The van der Waals surface area contributed by atoms with Gasteiger partial charge in [0.25, 0.3) is 0 Å². The minimum atomic E-state index is -0.839. The van der Waals surface area contributed by atoms with E-state index in [2.05, 4.69) is 21.2 Å². The molecule has 6 nitrogen and oxygen atoms in total. The van der Waals surface area contributed by atoms with Gasteiger partial charge in [-0.2, -0.15) is 0 Å². The SMILES string of the molecule is O=C(Nc1c(F)cc(F)cc1Br)C1CCN(C(=O)N2CCOc3ccccc32)CC1. The zero-order valence-electron chi connectivity index (χ0n) is 16.0. The number of rotatable bonds is 2. The Labute approximate surface area is 180 Å². The van der Waals surface area contributed by atoms with Crippen LogP contribution in [0.15, 0.2) is 40.9 Å². The molecule has 0 aliphatic carbocycles. The summed E-state index contributed by atoms with van der Waals surface area (Å²) in [5, 5.41) is 2.54. The van der Waals surface area contributed by atoms with Crippen LogP contribution in [0.25, 0.3) is 0 Å². The van der Waals surface area contributed by atoms with E-state index in [-0.39, 0.29) is 28.0 Å². The van der Waals surface area contributed by atoms with Crippen molar-refractivity contribution >= 4 is 39.2 Å². The highest BCUT2D eigenvalue weighted by atomic mass is 79.9. The molecule has 158 valence electrons. The van der Waals surface area contributed by atoms with Crippen LogP contribution in [0.4, 0.5) is 25.0 Å². The highest BCUT2D eigenvalue weighted by Gasteiger charge is 2.32. The molecule has 2 aliphatic heterocycles. The number of fused-ring (bicyclic) bond motifs is 1.